The minimum atomic E-state index is -0.527. The van der Waals surface area contributed by atoms with Crippen LogP contribution in [0.1, 0.15) is 28.5 Å². The maximum atomic E-state index is 13.4. The molecule has 0 spiro atoms. The molecule has 2 heterocycles. The van der Waals surface area contributed by atoms with Gasteiger partial charge in [0.1, 0.15) is 17.0 Å². The first kappa shape index (κ1) is 16.8. The van der Waals surface area contributed by atoms with Gasteiger partial charge in [-0.15, -0.1) is 0 Å². The molecule has 0 radical (unpaired) electrons. The second-order valence-electron chi connectivity index (χ2n) is 5.90. The van der Waals surface area contributed by atoms with E-state index in [0.29, 0.717) is 28.8 Å². The van der Waals surface area contributed by atoms with Gasteiger partial charge in [0.25, 0.3) is 5.91 Å². The lowest BCUT2D eigenvalue weighted by molar-refractivity contribution is 0.102. The second-order valence-corrected chi connectivity index (χ2v) is 5.90. The van der Waals surface area contributed by atoms with Crippen LogP contribution in [0.15, 0.2) is 41.3 Å². The van der Waals surface area contributed by atoms with Gasteiger partial charge in [0.15, 0.2) is 0 Å². The van der Waals surface area contributed by atoms with Gasteiger partial charge < -0.3 is 9.88 Å². The van der Waals surface area contributed by atoms with Gasteiger partial charge in [-0.25, -0.2) is 9.37 Å². The maximum absolute atomic E-state index is 13.4. The summed E-state index contributed by atoms with van der Waals surface area (Å²) in [6, 6.07) is 7.70. The normalized spacial score (nSPS) is 10.9. The van der Waals surface area contributed by atoms with Gasteiger partial charge in [-0.2, -0.15) is 0 Å². The Balaban J connectivity index is 2.07. The molecule has 6 heteroatoms. The van der Waals surface area contributed by atoms with E-state index in [-0.39, 0.29) is 16.8 Å². The highest BCUT2D eigenvalue weighted by molar-refractivity contribution is 6.05. The van der Waals surface area contributed by atoms with Crippen LogP contribution in [0.25, 0.3) is 11.0 Å². The fourth-order valence-corrected chi connectivity index (χ4v) is 2.68. The number of nitrogens with one attached hydrogen (secondary N) is 1. The number of carbonyl (C=O) groups excluding carboxylic acids is 1. The van der Waals surface area contributed by atoms with Crippen LogP contribution in [-0.2, 0) is 6.54 Å². The number of halogens is 1. The molecule has 1 aromatic carbocycles. The van der Waals surface area contributed by atoms with Gasteiger partial charge in [0.05, 0.1) is 5.39 Å². The molecular weight excluding hydrogens is 321 g/mol. The number of aromatic nitrogens is 2. The third-order valence-corrected chi connectivity index (χ3v) is 4.06. The topological polar surface area (TPSA) is 64.0 Å². The van der Waals surface area contributed by atoms with Crippen molar-refractivity contribution in [1.82, 2.24) is 9.55 Å². The Morgan fingerprint density at radius 3 is 2.68 bits per heavy atom. The molecule has 3 aromatic rings. The Kier molecular flexibility index (Phi) is 4.35. The van der Waals surface area contributed by atoms with E-state index in [0.717, 1.165) is 5.69 Å². The van der Waals surface area contributed by atoms with E-state index in [4.69, 9.17) is 0 Å². The van der Waals surface area contributed by atoms with Crippen LogP contribution in [0.5, 0.6) is 0 Å². The number of pyridine rings is 2. The number of benzene rings is 1. The van der Waals surface area contributed by atoms with Crippen molar-refractivity contribution in [3.63, 3.8) is 0 Å². The van der Waals surface area contributed by atoms with E-state index in [1.54, 1.807) is 23.6 Å². The van der Waals surface area contributed by atoms with E-state index in [9.17, 15) is 14.0 Å². The first-order valence-corrected chi connectivity index (χ1v) is 7.99. The molecule has 0 saturated carbocycles. The zero-order valence-electron chi connectivity index (χ0n) is 14.3. The Hall–Kier alpha value is -3.02. The number of amides is 1. The molecule has 0 aliphatic heterocycles. The van der Waals surface area contributed by atoms with Crippen LogP contribution in [0, 0.1) is 19.7 Å². The number of hydrogen-bond donors (Lipinski definition) is 1. The Morgan fingerprint density at radius 2 is 2.00 bits per heavy atom. The summed E-state index contributed by atoms with van der Waals surface area (Å²) >= 11 is 0. The Bertz CT molecular complexity index is 1040. The average Bonchev–Trinajstić information content (AvgIpc) is 2.58. The Morgan fingerprint density at radius 1 is 1.24 bits per heavy atom. The molecule has 2 aromatic heterocycles. The molecule has 0 fully saturated rings. The van der Waals surface area contributed by atoms with Gasteiger partial charge in [-0.05, 0) is 56.7 Å². The zero-order valence-corrected chi connectivity index (χ0v) is 14.3. The fourth-order valence-electron chi connectivity index (χ4n) is 2.68. The van der Waals surface area contributed by atoms with Crippen molar-refractivity contribution in [3.05, 3.63) is 69.4 Å². The molecule has 0 unspecified atom stereocenters. The van der Waals surface area contributed by atoms with E-state index in [2.05, 4.69) is 10.3 Å². The molecule has 128 valence electrons. The monoisotopic (exact) mass is 339 g/mol. The molecule has 1 N–H and O–H groups in total. The average molecular weight is 339 g/mol. The third kappa shape index (κ3) is 3.15. The molecule has 0 saturated heterocycles. The standard InChI is InChI=1S/C19H18FN3O2/c1-4-23-10-15(17(24)14-7-5-12(3)21-18(14)23)19(25)22-13-6-8-16(20)11(2)9-13/h5-10H,4H2,1-3H3,(H,22,25). The highest BCUT2D eigenvalue weighted by atomic mass is 19.1. The van der Waals surface area contributed by atoms with E-state index in [1.165, 1.54) is 24.4 Å². The second kappa shape index (κ2) is 6.47. The number of fused-ring (bicyclic) bond motifs is 1. The van der Waals surface area contributed by atoms with Gasteiger partial charge in [0, 0.05) is 24.1 Å². The van der Waals surface area contributed by atoms with Crippen molar-refractivity contribution >= 4 is 22.6 Å². The van der Waals surface area contributed by atoms with Crippen LogP contribution < -0.4 is 10.7 Å². The number of hydrogen-bond acceptors (Lipinski definition) is 3. The van der Waals surface area contributed by atoms with E-state index < -0.39 is 5.91 Å². The number of carbonyl (C=O) groups is 1. The highest BCUT2D eigenvalue weighted by Crippen LogP contribution is 2.16. The lowest BCUT2D eigenvalue weighted by atomic mass is 10.1. The molecule has 3 rings (SSSR count). The minimum Gasteiger partial charge on any atom is -0.332 e. The molecule has 0 aliphatic rings. The predicted octanol–water partition coefficient (Wildman–Crippen LogP) is 3.42. The summed E-state index contributed by atoms with van der Waals surface area (Å²) < 4.78 is 15.1. The summed E-state index contributed by atoms with van der Waals surface area (Å²) in [5, 5.41) is 3.05. The van der Waals surface area contributed by atoms with Crippen LogP contribution in [0.4, 0.5) is 10.1 Å². The molecular formula is C19H18FN3O2. The molecule has 1 amide bonds. The Labute approximate surface area is 144 Å². The summed E-state index contributed by atoms with van der Waals surface area (Å²) in [4.78, 5) is 29.7. The molecule has 0 atom stereocenters. The van der Waals surface area contributed by atoms with Crippen LogP contribution in [0.2, 0.25) is 0 Å². The molecule has 0 bridgehead atoms. The van der Waals surface area contributed by atoms with E-state index in [1.807, 2.05) is 13.8 Å². The molecule has 5 nitrogen and oxygen atoms in total. The predicted molar refractivity (Wildman–Crippen MR) is 95.5 cm³/mol. The summed E-state index contributed by atoms with van der Waals surface area (Å²) in [6.45, 7) is 5.95. The summed E-state index contributed by atoms with van der Waals surface area (Å²) in [6.07, 6.45) is 1.52. The van der Waals surface area contributed by atoms with Crippen LogP contribution in [-0.4, -0.2) is 15.5 Å². The number of aryl methyl sites for hydroxylation is 3. The van der Waals surface area contributed by atoms with Gasteiger partial charge in [0.2, 0.25) is 5.43 Å². The number of rotatable bonds is 3. The van der Waals surface area contributed by atoms with Crippen molar-refractivity contribution in [1.29, 1.82) is 0 Å². The van der Waals surface area contributed by atoms with Crippen LogP contribution >= 0.6 is 0 Å². The van der Waals surface area contributed by atoms with Crippen molar-refractivity contribution in [3.8, 4) is 0 Å². The third-order valence-electron chi connectivity index (χ3n) is 4.06. The lowest BCUT2D eigenvalue weighted by Gasteiger charge is -2.12. The first-order valence-electron chi connectivity index (χ1n) is 7.99. The van der Waals surface area contributed by atoms with Crippen molar-refractivity contribution in [2.24, 2.45) is 0 Å². The SMILES string of the molecule is CCn1cc(C(=O)Nc2ccc(F)c(C)c2)c(=O)c2ccc(C)nc21. The van der Waals surface area contributed by atoms with Gasteiger partial charge in [-0.3, -0.25) is 9.59 Å². The molecule has 0 aliphatic carbocycles. The number of anilines is 1. The number of nitrogens with zero attached hydrogens (tertiary/aromatic N) is 2. The quantitative estimate of drug-likeness (QED) is 0.795. The fraction of sp³-hybridized carbons (Fsp3) is 0.211. The zero-order chi connectivity index (χ0) is 18.1. The largest absolute Gasteiger partial charge is 0.332 e. The van der Waals surface area contributed by atoms with E-state index >= 15 is 0 Å². The smallest absolute Gasteiger partial charge is 0.261 e. The van der Waals surface area contributed by atoms with Crippen LogP contribution in [0.3, 0.4) is 0 Å². The maximum Gasteiger partial charge on any atom is 0.261 e. The minimum absolute atomic E-state index is 0.0296. The lowest BCUT2D eigenvalue weighted by Crippen LogP contribution is -2.24. The van der Waals surface area contributed by atoms with Gasteiger partial charge in [-0.1, -0.05) is 0 Å². The molecule has 25 heavy (non-hydrogen) atoms. The van der Waals surface area contributed by atoms with Crippen molar-refractivity contribution < 1.29 is 9.18 Å². The highest BCUT2D eigenvalue weighted by Gasteiger charge is 2.16. The van der Waals surface area contributed by atoms with Gasteiger partial charge >= 0.3 is 0 Å². The van der Waals surface area contributed by atoms with Crippen molar-refractivity contribution in [2.45, 2.75) is 27.3 Å². The summed E-state index contributed by atoms with van der Waals surface area (Å²) in [5.41, 5.74) is 1.87. The summed E-state index contributed by atoms with van der Waals surface area (Å²) in [7, 11) is 0. The first-order chi connectivity index (χ1) is 11.9. The summed E-state index contributed by atoms with van der Waals surface area (Å²) in [5.74, 6) is -0.876. The van der Waals surface area contributed by atoms with Crippen molar-refractivity contribution in [2.75, 3.05) is 5.32 Å².